The molecule has 2 rings (SSSR count). The highest BCUT2D eigenvalue weighted by atomic mass is 32.1. The molecule has 3 nitrogen and oxygen atoms in total. The van der Waals surface area contributed by atoms with Crippen molar-refractivity contribution in [2.75, 3.05) is 11.1 Å². The van der Waals surface area contributed by atoms with Gasteiger partial charge in [0.2, 0.25) is 0 Å². The Balaban J connectivity index is 2.09. The molecule has 1 fully saturated rings. The topological polar surface area (TPSA) is 55.1 Å². The fraction of sp³-hybridized carbons (Fsp3) is 0.615. The number of carbonyl (C=O) groups excluding carboxylic acids is 1. The quantitative estimate of drug-likeness (QED) is 0.790. The van der Waals surface area contributed by atoms with E-state index >= 15 is 0 Å². The number of thiophene rings is 1. The molecule has 1 heterocycles. The van der Waals surface area contributed by atoms with Crippen LogP contribution in [0.4, 0.5) is 10.7 Å². The lowest BCUT2D eigenvalue weighted by Gasteiger charge is -2.11. The van der Waals surface area contributed by atoms with Gasteiger partial charge in [-0.25, -0.2) is 0 Å². The third-order valence-corrected chi connectivity index (χ3v) is 4.30. The molecule has 4 heteroatoms. The van der Waals surface area contributed by atoms with Crippen LogP contribution in [0.1, 0.15) is 43.3 Å². The van der Waals surface area contributed by atoms with Gasteiger partial charge in [0.05, 0.1) is 15.6 Å². The van der Waals surface area contributed by atoms with Crippen molar-refractivity contribution in [3.63, 3.8) is 0 Å². The van der Waals surface area contributed by atoms with E-state index in [1.807, 2.05) is 19.9 Å². The van der Waals surface area contributed by atoms with Gasteiger partial charge < -0.3 is 11.1 Å². The monoisotopic (exact) mass is 252 g/mol. The Morgan fingerprint density at radius 1 is 1.47 bits per heavy atom. The maximum Gasteiger partial charge on any atom is 0.177 e. The summed E-state index contributed by atoms with van der Waals surface area (Å²) >= 11 is 1.48. The van der Waals surface area contributed by atoms with E-state index in [9.17, 15) is 4.79 Å². The van der Waals surface area contributed by atoms with E-state index in [4.69, 9.17) is 5.73 Å². The number of carbonyl (C=O) groups is 1. The molecule has 1 aromatic heterocycles. The van der Waals surface area contributed by atoms with Gasteiger partial charge in [-0.15, -0.1) is 11.3 Å². The molecule has 1 aromatic rings. The van der Waals surface area contributed by atoms with Crippen LogP contribution in [0.5, 0.6) is 0 Å². The number of ketones is 1. The summed E-state index contributed by atoms with van der Waals surface area (Å²) in [7, 11) is 0. The summed E-state index contributed by atoms with van der Waals surface area (Å²) in [6.45, 7) is 6.00. The molecule has 0 aliphatic heterocycles. The second kappa shape index (κ2) is 4.69. The summed E-state index contributed by atoms with van der Waals surface area (Å²) in [6, 6.07) is 2.37. The summed E-state index contributed by atoms with van der Waals surface area (Å²) in [5.74, 6) is 0.937. The number of hydrogen-bond donors (Lipinski definition) is 2. The molecule has 3 N–H and O–H groups in total. The molecular formula is C13H20N2OS. The van der Waals surface area contributed by atoms with E-state index in [0.29, 0.717) is 16.6 Å². The molecule has 1 aliphatic rings. The number of rotatable bonds is 5. The van der Waals surface area contributed by atoms with Gasteiger partial charge in [0.15, 0.2) is 5.78 Å². The molecule has 1 unspecified atom stereocenters. The molecule has 1 atom stereocenters. The summed E-state index contributed by atoms with van der Waals surface area (Å²) in [5.41, 5.74) is 6.51. The van der Waals surface area contributed by atoms with Crippen LogP contribution in [-0.4, -0.2) is 11.8 Å². The first-order valence-corrected chi connectivity index (χ1v) is 7.00. The van der Waals surface area contributed by atoms with Crippen molar-refractivity contribution in [1.29, 1.82) is 0 Å². The molecule has 0 amide bonds. The van der Waals surface area contributed by atoms with Gasteiger partial charge in [-0.2, -0.15) is 0 Å². The second-order valence-electron chi connectivity index (χ2n) is 5.18. The minimum atomic E-state index is 0.00431. The zero-order valence-corrected chi connectivity index (χ0v) is 11.4. The van der Waals surface area contributed by atoms with Gasteiger partial charge in [-0.1, -0.05) is 13.8 Å². The Hall–Kier alpha value is -1.03. The van der Waals surface area contributed by atoms with Crippen molar-refractivity contribution in [1.82, 2.24) is 0 Å². The normalized spacial score (nSPS) is 17.2. The minimum Gasteiger partial charge on any atom is -0.397 e. The van der Waals surface area contributed by atoms with Crippen LogP contribution in [0.3, 0.4) is 0 Å². The van der Waals surface area contributed by atoms with Crippen LogP contribution < -0.4 is 11.1 Å². The maximum atomic E-state index is 11.9. The highest BCUT2D eigenvalue weighted by molar-refractivity contribution is 7.18. The number of Topliss-reactive ketones (excluding diaryl/α,β-unsaturated/α-hetero) is 1. The van der Waals surface area contributed by atoms with Crippen LogP contribution >= 0.6 is 11.3 Å². The molecule has 1 aliphatic carbocycles. The average molecular weight is 252 g/mol. The summed E-state index contributed by atoms with van der Waals surface area (Å²) in [4.78, 5) is 12.6. The molecule has 1 saturated carbocycles. The van der Waals surface area contributed by atoms with E-state index in [-0.39, 0.29) is 11.7 Å². The van der Waals surface area contributed by atoms with Crippen LogP contribution in [0.2, 0.25) is 0 Å². The maximum absolute atomic E-state index is 11.9. The fourth-order valence-corrected chi connectivity index (χ4v) is 3.03. The standard InChI is InChI=1S/C13H20N2OS/c1-7(2)12(16)13-10(14)6-11(17-13)15-8(3)9-4-5-9/h6-9,15H,4-5,14H2,1-3H3. The van der Waals surface area contributed by atoms with Gasteiger partial charge in [-0.05, 0) is 31.7 Å². The zero-order valence-electron chi connectivity index (χ0n) is 10.6. The predicted molar refractivity (Wildman–Crippen MR) is 73.7 cm³/mol. The van der Waals surface area contributed by atoms with Crippen LogP contribution in [0.25, 0.3) is 0 Å². The van der Waals surface area contributed by atoms with E-state index in [1.54, 1.807) is 0 Å². The number of hydrogen-bond acceptors (Lipinski definition) is 4. The lowest BCUT2D eigenvalue weighted by molar-refractivity contribution is 0.0944. The van der Waals surface area contributed by atoms with E-state index in [0.717, 1.165) is 10.9 Å². The van der Waals surface area contributed by atoms with Crippen molar-refractivity contribution in [2.24, 2.45) is 11.8 Å². The van der Waals surface area contributed by atoms with Crippen LogP contribution in [-0.2, 0) is 0 Å². The Bertz CT molecular complexity index is 421. The lowest BCUT2D eigenvalue weighted by atomic mass is 10.1. The molecule has 0 spiro atoms. The van der Waals surface area contributed by atoms with Gasteiger partial charge in [0.25, 0.3) is 0 Å². The number of nitrogen functional groups attached to an aromatic ring is 1. The summed E-state index contributed by atoms with van der Waals surface area (Å²) in [5, 5.41) is 4.46. The molecular weight excluding hydrogens is 232 g/mol. The van der Waals surface area contributed by atoms with Gasteiger partial charge in [0, 0.05) is 12.0 Å². The fourth-order valence-electron chi connectivity index (χ4n) is 1.87. The Labute approximate surface area is 106 Å². The van der Waals surface area contributed by atoms with Crippen molar-refractivity contribution in [2.45, 2.75) is 39.7 Å². The van der Waals surface area contributed by atoms with Gasteiger partial charge in [0.1, 0.15) is 0 Å². The molecule has 0 bridgehead atoms. The third kappa shape index (κ3) is 2.80. The molecule has 17 heavy (non-hydrogen) atoms. The zero-order chi connectivity index (χ0) is 12.6. The minimum absolute atomic E-state index is 0.00431. The van der Waals surface area contributed by atoms with Crippen LogP contribution in [0.15, 0.2) is 6.07 Å². The second-order valence-corrected chi connectivity index (χ2v) is 6.24. The molecule has 0 radical (unpaired) electrons. The predicted octanol–water partition coefficient (Wildman–Crippen LogP) is 3.38. The lowest BCUT2D eigenvalue weighted by Crippen LogP contribution is -2.16. The first-order valence-electron chi connectivity index (χ1n) is 6.19. The first kappa shape index (κ1) is 12.4. The highest BCUT2D eigenvalue weighted by Crippen LogP contribution is 2.37. The first-order chi connectivity index (χ1) is 7.99. The third-order valence-electron chi connectivity index (χ3n) is 3.21. The van der Waals surface area contributed by atoms with Crippen molar-refractivity contribution >= 4 is 27.8 Å². The highest BCUT2D eigenvalue weighted by Gasteiger charge is 2.28. The Morgan fingerprint density at radius 3 is 2.65 bits per heavy atom. The SMILES string of the molecule is CC(C)C(=O)c1sc(NC(C)C2CC2)cc1N. The average Bonchev–Trinajstić information content (AvgIpc) is 3.03. The van der Waals surface area contributed by atoms with Crippen molar-refractivity contribution in [3.8, 4) is 0 Å². The number of nitrogens with one attached hydrogen (secondary N) is 1. The Morgan fingerprint density at radius 2 is 2.12 bits per heavy atom. The van der Waals surface area contributed by atoms with Gasteiger partial charge in [-0.3, -0.25) is 4.79 Å². The van der Waals surface area contributed by atoms with E-state index in [1.165, 1.54) is 24.2 Å². The van der Waals surface area contributed by atoms with Crippen molar-refractivity contribution in [3.05, 3.63) is 10.9 Å². The summed E-state index contributed by atoms with van der Waals surface area (Å²) < 4.78 is 0. The molecule has 0 saturated heterocycles. The summed E-state index contributed by atoms with van der Waals surface area (Å²) in [6.07, 6.45) is 2.62. The van der Waals surface area contributed by atoms with Crippen LogP contribution in [0, 0.1) is 11.8 Å². The van der Waals surface area contributed by atoms with Gasteiger partial charge >= 0.3 is 0 Å². The largest absolute Gasteiger partial charge is 0.397 e. The number of nitrogens with two attached hydrogens (primary N) is 1. The van der Waals surface area contributed by atoms with E-state index < -0.39 is 0 Å². The smallest absolute Gasteiger partial charge is 0.177 e. The van der Waals surface area contributed by atoms with E-state index in [2.05, 4.69) is 12.2 Å². The molecule has 0 aromatic carbocycles. The van der Waals surface area contributed by atoms with Crippen molar-refractivity contribution < 1.29 is 4.79 Å². The molecule has 94 valence electrons. The Kier molecular flexibility index (Phi) is 3.43. The number of anilines is 2.